The number of aromatic hydroxyl groups is 4. The molecule has 3 rings (SSSR count). The van der Waals surface area contributed by atoms with E-state index in [0.717, 1.165) is 6.07 Å². The van der Waals surface area contributed by atoms with Crippen molar-refractivity contribution < 1.29 is 25.2 Å². The van der Waals surface area contributed by atoms with Gasteiger partial charge in [0.1, 0.15) is 23.0 Å². The molecule has 0 atom stereocenters. The molecule has 5 heteroatoms. The van der Waals surface area contributed by atoms with Gasteiger partial charge in [-0.25, -0.2) is 0 Å². The Morgan fingerprint density at radius 2 is 1.55 bits per heavy atom. The number of carbonyl (C=O) groups excluding carboxylic acids is 1. The van der Waals surface area contributed by atoms with Crippen molar-refractivity contribution in [3.8, 4) is 23.0 Å². The van der Waals surface area contributed by atoms with Gasteiger partial charge in [0.2, 0.25) is 5.78 Å². The van der Waals surface area contributed by atoms with Crippen LogP contribution in [0.25, 0.3) is 0 Å². The Bertz CT molecular complexity index is 805. The maximum atomic E-state index is 12.7. The Kier molecular flexibility index (Phi) is 3.02. The van der Waals surface area contributed by atoms with Gasteiger partial charge in [-0.3, -0.25) is 4.79 Å². The van der Waals surface area contributed by atoms with E-state index >= 15 is 0 Å². The summed E-state index contributed by atoms with van der Waals surface area (Å²) in [4.78, 5) is 12.7. The van der Waals surface area contributed by atoms with E-state index in [1.54, 1.807) is 13.8 Å². The van der Waals surface area contributed by atoms with E-state index in [-0.39, 0.29) is 46.5 Å². The van der Waals surface area contributed by atoms with Gasteiger partial charge in [-0.1, -0.05) is 13.8 Å². The Balaban J connectivity index is 2.29. The molecule has 114 valence electrons. The van der Waals surface area contributed by atoms with Crippen molar-refractivity contribution in [1.82, 2.24) is 0 Å². The monoisotopic (exact) mass is 300 g/mol. The van der Waals surface area contributed by atoms with Gasteiger partial charge in [0.05, 0.1) is 11.1 Å². The quantitative estimate of drug-likeness (QED) is 0.554. The third-order valence-electron chi connectivity index (χ3n) is 4.00. The van der Waals surface area contributed by atoms with Crippen molar-refractivity contribution in [3.05, 3.63) is 46.0 Å². The van der Waals surface area contributed by atoms with Crippen LogP contribution in [-0.4, -0.2) is 26.2 Å². The summed E-state index contributed by atoms with van der Waals surface area (Å²) in [6.45, 7) is 3.61. The van der Waals surface area contributed by atoms with Crippen LogP contribution in [0.1, 0.15) is 52.4 Å². The zero-order valence-electron chi connectivity index (χ0n) is 12.2. The topological polar surface area (TPSA) is 98.0 Å². The van der Waals surface area contributed by atoms with Crippen LogP contribution in [0.2, 0.25) is 0 Å². The predicted octanol–water partition coefficient (Wildman–Crippen LogP) is 2.77. The average molecular weight is 300 g/mol. The van der Waals surface area contributed by atoms with Gasteiger partial charge in [-0.15, -0.1) is 0 Å². The van der Waals surface area contributed by atoms with Gasteiger partial charge in [0.15, 0.2) is 0 Å². The molecule has 0 heterocycles. The van der Waals surface area contributed by atoms with Gasteiger partial charge in [0.25, 0.3) is 0 Å². The van der Waals surface area contributed by atoms with Crippen LogP contribution in [0.3, 0.4) is 0 Å². The van der Waals surface area contributed by atoms with E-state index < -0.39 is 5.78 Å². The number of hydrogen-bond acceptors (Lipinski definition) is 5. The molecule has 5 nitrogen and oxygen atoms in total. The number of phenolic OH excluding ortho intramolecular Hbond substituents is 4. The number of hydrogen-bond donors (Lipinski definition) is 4. The number of phenols is 4. The van der Waals surface area contributed by atoms with E-state index in [0.29, 0.717) is 16.7 Å². The third kappa shape index (κ3) is 1.89. The minimum absolute atomic E-state index is 0.0631. The molecule has 1 aliphatic rings. The molecule has 0 amide bonds. The van der Waals surface area contributed by atoms with Crippen molar-refractivity contribution >= 4 is 5.78 Å². The fraction of sp³-hybridized carbons (Fsp3) is 0.235. The molecular weight excluding hydrogens is 284 g/mol. The molecule has 22 heavy (non-hydrogen) atoms. The molecule has 0 spiro atoms. The van der Waals surface area contributed by atoms with Crippen LogP contribution in [0, 0.1) is 0 Å². The molecule has 0 unspecified atom stereocenters. The van der Waals surface area contributed by atoms with E-state index in [1.165, 1.54) is 12.1 Å². The number of rotatable bonds is 1. The standard InChI is InChI=1S/C17H16O5/c1-7(2)13-11(19)5-9-3-8-4-10(18)6-12(20)14(8)17(22)15(9)16(13)21/h4-7,18-21H,3H2,1-2H3. The molecule has 2 aromatic rings. The number of ketones is 1. The van der Waals surface area contributed by atoms with Crippen molar-refractivity contribution in [2.24, 2.45) is 0 Å². The normalized spacial score (nSPS) is 13.1. The lowest BCUT2D eigenvalue weighted by Gasteiger charge is -2.23. The van der Waals surface area contributed by atoms with Crippen LogP contribution in [0.4, 0.5) is 0 Å². The van der Waals surface area contributed by atoms with Gasteiger partial charge in [-0.2, -0.15) is 0 Å². The number of benzene rings is 2. The smallest absolute Gasteiger partial charge is 0.201 e. The van der Waals surface area contributed by atoms with E-state index in [1.807, 2.05) is 0 Å². The Morgan fingerprint density at radius 3 is 2.18 bits per heavy atom. The lowest BCUT2D eigenvalue weighted by Crippen LogP contribution is -2.16. The lowest BCUT2D eigenvalue weighted by molar-refractivity contribution is 0.102. The first-order valence-electron chi connectivity index (χ1n) is 6.98. The van der Waals surface area contributed by atoms with Crippen LogP contribution in [0.5, 0.6) is 23.0 Å². The lowest BCUT2D eigenvalue weighted by atomic mass is 9.81. The highest BCUT2D eigenvalue weighted by Crippen LogP contribution is 2.44. The minimum Gasteiger partial charge on any atom is -0.508 e. The Morgan fingerprint density at radius 1 is 0.909 bits per heavy atom. The fourth-order valence-electron chi connectivity index (χ4n) is 3.09. The van der Waals surface area contributed by atoms with Crippen LogP contribution in [0.15, 0.2) is 18.2 Å². The van der Waals surface area contributed by atoms with Crippen LogP contribution >= 0.6 is 0 Å². The Labute approximate surface area is 127 Å². The minimum atomic E-state index is -0.506. The summed E-state index contributed by atoms with van der Waals surface area (Å²) < 4.78 is 0. The zero-order chi connectivity index (χ0) is 16.2. The van der Waals surface area contributed by atoms with Crippen molar-refractivity contribution in [1.29, 1.82) is 0 Å². The molecule has 0 fully saturated rings. The van der Waals surface area contributed by atoms with Crippen molar-refractivity contribution in [3.63, 3.8) is 0 Å². The molecule has 0 saturated heterocycles. The summed E-state index contributed by atoms with van der Waals surface area (Å²) in [5.74, 6) is -1.43. The highest BCUT2D eigenvalue weighted by atomic mass is 16.3. The average Bonchev–Trinajstić information content (AvgIpc) is 2.35. The second-order valence-corrected chi connectivity index (χ2v) is 5.85. The van der Waals surface area contributed by atoms with Crippen LogP contribution in [-0.2, 0) is 6.42 Å². The summed E-state index contributed by atoms with van der Waals surface area (Å²) in [5.41, 5.74) is 1.44. The summed E-state index contributed by atoms with van der Waals surface area (Å²) >= 11 is 0. The number of fused-ring (bicyclic) bond motifs is 2. The van der Waals surface area contributed by atoms with Crippen LogP contribution < -0.4 is 0 Å². The van der Waals surface area contributed by atoms with Gasteiger partial charge < -0.3 is 20.4 Å². The van der Waals surface area contributed by atoms with E-state index in [2.05, 4.69) is 0 Å². The predicted molar refractivity (Wildman–Crippen MR) is 79.9 cm³/mol. The summed E-state index contributed by atoms with van der Waals surface area (Å²) in [7, 11) is 0. The molecule has 1 aliphatic carbocycles. The Hall–Kier alpha value is -2.69. The molecule has 2 aromatic carbocycles. The molecular formula is C17H16O5. The first-order chi connectivity index (χ1) is 10.3. The van der Waals surface area contributed by atoms with E-state index in [4.69, 9.17) is 0 Å². The summed E-state index contributed by atoms with van der Waals surface area (Å²) in [5, 5.41) is 40.0. The fourth-order valence-corrected chi connectivity index (χ4v) is 3.09. The van der Waals surface area contributed by atoms with E-state index in [9.17, 15) is 25.2 Å². The molecule has 0 aliphatic heterocycles. The molecule has 0 radical (unpaired) electrons. The molecule has 0 saturated carbocycles. The van der Waals surface area contributed by atoms with Crippen molar-refractivity contribution in [2.45, 2.75) is 26.2 Å². The largest absolute Gasteiger partial charge is 0.508 e. The van der Waals surface area contributed by atoms with Crippen molar-refractivity contribution in [2.75, 3.05) is 0 Å². The maximum absolute atomic E-state index is 12.7. The first kappa shape index (κ1) is 14.3. The SMILES string of the molecule is CC(C)c1c(O)cc2c(c1O)C(=O)c1c(O)cc(O)cc1C2. The third-order valence-corrected chi connectivity index (χ3v) is 4.00. The zero-order valence-corrected chi connectivity index (χ0v) is 12.2. The highest BCUT2D eigenvalue weighted by molar-refractivity contribution is 6.16. The van der Waals surface area contributed by atoms with Gasteiger partial charge >= 0.3 is 0 Å². The second kappa shape index (κ2) is 4.66. The second-order valence-electron chi connectivity index (χ2n) is 5.85. The van der Waals surface area contributed by atoms with Gasteiger partial charge in [-0.05, 0) is 35.6 Å². The van der Waals surface area contributed by atoms with Gasteiger partial charge in [0, 0.05) is 11.6 Å². The molecule has 0 bridgehead atoms. The highest BCUT2D eigenvalue weighted by Gasteiger charge is 2.32. The molecule has 0 aromatic heterocycles. The maximum Gasteiger partial charge on any atom is 0.201 e. The summed E-state index contributed by atoms with van der Waals surface area (Å²) in [6.07, 6.45) is 0.234. The number of carbonyl (C=O) groups is 1. The molecule has 4 N–H and O–H groups in total. The summed E-state index contributed by atoms with van der Waals surface area (Å²) in [6, 6.07) is 3.97. The first-order valence-corrected chi connectivity index (χ1v) is 6.98.